The van der Waals surface area contributed by atoms with E-state index < -0.39 is 0 Å². The number of fused-ring (bicyclic) bond motifs is 1. The topological polar surface area (TPSA) is 42.1 Å². The molecular weight excluding hydrogens is 278 g/mol. The zero-order valence-corrected chi connectivity index (χ0v) is 12.5. The van der Waals surface area contributed by atoms with Gasteiger partial charge >= 0.3 is 0 Å². The van der Waals surface area contributed by atoms with Gasteiger partial charge in [0.1, 0.15) is 5.52 Å². The van der Waals surface area contributed by atoms with Crippen LogP contribution in [0.25, 0.3) is 10.2 Å². The molecule has 0 amide bonds. The Morgan fingerprint density at radius 3 is 2.86 bits per heavy atom. The maximum absolute atomic E-state index is 6.33. The maximum atomic E-state index is 6.33. The van der Waals surface area contributed by atoms with Gasteiger partial charge in [0.15, 0.2) is 0 Å². The molecule has 1 saturated heterocycles. The van der Waals surface area contributed by atoms with E-state index in [-0.39, 0.29) is 0 Å². The number of anilines is 2. The summed E-state index contributed by atoms with van der Waals surface area (Å²) in [7, 11) is 0. The minimum atomic E-state index is 0.594. The van der Waals surface area contributed by atoms with Crippen LogP contribution >= 0.6 is 11.3 Å². The fraction of sp³-hybridized carbons (Fsp3) is 0.235. The number of thiazole rings is 1. The number of rotatable bonds is 2. The van der Waals surface area contributed by atoms with Crippen LogP contribution in [0.1, 0.15) is 17.9 Å². The molecule has 2 heterocycles. The summed E-state index contributed by atoms with van der Waals surface area (Å²) < 4.78 is 1.16. The molecule has 1 aliphatic rings. The van der Waals surface area contributed by atoms with Gasteiger partial charge in [-0.2, -0.15) is 0 Å². The van der Waals surface area contributed by atoms with Gasteiger partial charge < -0.3 is 10.6 Å². The minimum absolute atomic E-state index is 0.594. The molecule has 0 aliphatic carbocycles. The highest BCUT2D eigenvalue weighted by Gasteiger charge is 2.25. The molecule has 1 aromatic heterocycles. The molecule has 21 heavy (non-hydrogen) atoms. The Morgan fingerprint density at radius 1 is 1.14 bits per heavy atom. The van der Waals surface area contributed by atoms with Crippen LogP contribution in [0.3, 0.4) is 0 Å². The number of nitrogen functional groups attached to an aromatic ring is 1. The van der Waals surface area contributed by atoms with Crippen molar-refractivity contribution < 1.29 is 0 Å². The number of hydrogen-bond donors (Lipinski definition) is 1. The van der Waals surface area contributed by atoms with E-state index in [9.17, 15) is 0 Å². The van der Waals surface area contributed by atoms with E-state index in [1.54, 1.807) is 11.3 Å². The fourth-order valence-electron chi connectivity index (χ4n) is 3.19. The average Bonchev–Trinajstić information content (AvgIpc) is 3.18. The van der Waals surface area contributed by atoms with Crippen molar-refractivity contribution in [2.45, 2.75) is 12.3 Å². The van der Waals surface area contributed by atoms with Crippen molar-refractivity contribution in [2.75, 3.05) is 23.7 Å². The van der Waals surface area contributed by atoms with E-state index in [0.29, 0.717) is 5.92 Å². The Balaban J connectivity index is 1.63. The minimum Gasteiger partial charge on any atom is -0.395 e. The molecule has 4 heteroatoms. The highest BCUT2D eigenvalue weighted by molar-refractivity contribution is 7.16. The molecule has 106 valence electrons. The van der Waals surface area contributed by atoms with Crippen molar-refractivity contribution in [1.29, 1.82) is 0 Å². The average molecular weight is 295 g/mol. The molecule has 3 aromatic rings. The molecule has 0 radical (unpaired) electrons. The number of hydrogen-bond acceptors (Lipinski definition) is 4. The van der Waals surface area contributed by atoms with Gasteiger partial charge in [-0.05, 0) is 24.1 Å². The molecule has 0 bridgehead atoms. The smallest absolute Gasteiger partial charge is 0.106 e. The summed E-state index contributed by atoms with van der Waals surface area (Å²) in [5.41, 5.74) is 12.5. The maximum Gasteiger partial charge on any atom is 0.106 e. The molecular formula is C17H17N3S. The van der Waals surface area contributed by atoms with E-state index in [2.05, 4.69) is 52.3 Å². The first-order chi connectivity index (χ1) is 10.3. The normalized spacial score (nSPS) is 18.5. The van der Waals surface area contributed by atoms with Crippen LogP contribution in [0.2, 0.25) is 0 Å². The van der Waals surface area contributed by atoms with Gasteiger partial charge in [0.2, 0.25) is 0 Å². The summed E-state index contributed by atoms with van der Waals surface area (Å²) in [5, 5.41) is 0. The monoisotopic (exact) mass is 295 g/mol. The standard InChI is InChI=1S/C17H17N3S/c18-16-14(6-7-15-17(16)19-11-21-15)20-9-8-13(10-20)12-4-2-1-3-5-12/h1-7,11,13H,8-10,18H2. The second-order valence-corrected chi connectivity index (χ2v) is 6.43. The summed E-state index contributed by atoms with van der Waals surface area (Å²) in [6, 6.07) is 15.0. The van der Waals surface area contributed by atoms with Gasteiger partial charge in [-0.15, -0.1) is 11.3 Å². The summed E-state index contributed by atoms with van der Waals surface area (Å²) >= 11 is 1.64. The molecule has 4 rings (SSSR count). The highest BCUT2D eigenvalue weighted by atomic mass is 32.1. The first kappa shape index (κ1) is 12.7. The van der Waals surface area contributed by atoms with E-state index in [1.165, 1.54) is 12.0 Å². The van der Waals surface area contributed by atoms with Crippen molar-refractivity contribution in [3.05, 3.63) is 53.5 Å². The lowest BCUT2D eigenvalue weighted by Gasteiger charge is -2.21. The number of nitrogens with two attached hydrogens (primary N) is 1. The van der Waals surface area contributed by atoms with E-state index in [0.717, 1.165) is 34.7 Å². The van der Waals surface area contributed by atoms with E-state index in [1.807, 2.05) is 5.51 Å². The lowest BCUT2D eigenvalue weighted by atomic mass is 9.99. The summed E-state index contributed by atoms with van der Waals surface area (Å²) in [4.78, 5) is 6.79. The molecule has 1 fully saturated rings. The summed E-state index contributed by atoms with van der Waals surface area (Å²) in [6.07, 6.45) is 1.18. The Hall–Kier alpha value is -2.07. The van der Waals surface area contributed by atoms with E-state index in [4.69, 9.17) is 5.73 Å². The van der Waals surface area contributed by atoms with Crippen molar-refractivity contribution in [2.24, 2.45) is 0 Å². The number of benzene rings is 2. The van der Waals surface area contributed by atoms with Gasteiger partial charge in [-0.25, -0.2) is 4.98 Å². The summed E-state index contributed by atoms with van der Waals surface area (Å²) in [6.45, 7) is 2.09. The van der Waals surface area contributed by atoms with Crippen LogP contribution in [-0.2, 0) is 0 Å². The van der Waals surface area contributed by atoms with Crippen LogP contribution < -0.4 is 10.6 Å². The zero-order chi connectivity index (χ0) is 14.2. The Morgan fingerprint density at radius 2 is 2.00 bits per heavy atom. The predicted molar refractivity (Wildman–Crippen MR) is 90.0 cm³/mol. The van der Waals surface area contributed by atoms with Gasteiger partial charge in [0.05, 0.1) is 21.6 Å². The molecule has 2 aromatic carbocycles. The van der Waals surface area contributed by atoms with Gasteiger partial charge in [0, 0.05) is 19.0 Å². The summed E-state index contributed by atoms with van der Waals surface area (Å²) in [5.74, 6) is 0.594. The van der Waals surface area contributed by atoms with Gasteiger partial charge in [-0.3, -0.25) is 0 Å². The highest BCUT2D eigenvalue weighted by Crippen LogP contribution is 2.37. The molecule has 0 saturated carbocycles. The fourth-order valence-corrected chi connectivity index (χ4v) is 3.89. The van der Waals surface area contributed by atoms with Crippen molar-refractivity contribution in [1.82, 2.24) is 4.98 Å². The van der Waals surface area contributed by atoms with Crippen LogP contribution in [-0.4, -0.2) is 18.1 Å². The number of nitrogens with zero attached hydrogens (tertiary/aromatic N) is 2. The predicted octanol–water partition coefficient (Wildman–Crippen LogP) is 3.87. The largest absolute Gasteiger partial charge is 0.395 e. The third-order valence-corrected chi connectivity index (χ3v) is 5.11. The van der Waals surface area contributed by atoms with Crippen molar-refractivity contribution >= 4 is 32.9 Å². The molecule has 3 nitrogen and oxygen atoms in total. The van der Waals surface area contributed by atoms with Gasteiger partial charge in [0.25, 0.3) is 0 Å². The van der Waals surface area contributed by atoms with Crippen molar-refractivity contribution in [3.63, 3.8) is 0 Å². The van der Waals surface area contributed by atoms with Crippen LogP contribution in [0, 0.1) is 0 Å². The molecule has 2 N–H and O–H groups in total. The second-order valence-electron chi connectivity index (χ2n) is 5.54. The molecule has 1 atom stereocenters. The lowest BCUT2D eigenvalue weighted by Crippen LogP contribution is -2.20. The first-order valence-corrected chi connectivity index (χ1v) is 8.12. The molecule has 1 aliphatic heterocycles. The number of aromatic nitrogens is 1. The van der Waals surface area contributed by atoms with Crippen molar-refractivity contribution in [3.8, 4) is 0 Å². The third kappa shape index (κ3) is 2.16. The third-order valence-electron chi connectivity index (χ3n) is 4.32. The second kappa shape index (κ2) is 5.04. The van der Waals surface area contributed by atoms with Crippen LogP contribution in [0.4, 0.5) is 11.4 Å². The SMILES string of the molecule is Nc1c(N2CCC(c3ccccc3)C2)ccc2scnc12. The quantitative estimate of drug-likeness (QED) is 0.730. The first-order valence-electron chi connectivity index (χ1n) is 7.24. The van der Waals surface area contributed by atoms with Crippen LogP contribution in [0.5, 0.6) is 0 Å². The Bertz CT molecular complexity index is 766. The Labute approximate surface area is 128 Å². The van der Waals surface area contributed by atoms with Gasteiger partial charge in [-0.1, -0.05) is 30.3 Å². The van der Waals surface area contributed by atoms with Crippen LogP contribution in [0.15, 0.2) is 48.0 Å². The Kier molecular flexibility index (Phi) is 3.04. The van der Waals surface area contributed by atoms with E-state index >= 15 is 0 Å². The molecule has 1 unspecified atom stereocenters. The zero-order valence-electron chi connectivity index (χ0n) is 11.7. The lowest BCUT2D eigenvalue weighted by molar-refractivity contribution is 0.775. The molecule has 0 spiro atoms.